The highest BCUT2D eigenvalue weighted by Gasteiger charge is 2.10. The zero-order chi connectivity index (χ0) is 18.1. The van der Waals surface area contributed by atoms with Gasteiger partial charge in [0.25, 0.3) is 5.56 Å². The highest BCUT2D eigenvalue weighted by Crippen LogP contribution is 2.20. The van der Waals surface area contributed by atoms with Crippen LogP contribution in [0.4, 0.5) is 5.13 Å². The first-order valence-corrected chi connectivity index (χ1v) is 9.20. The molecule has 3 heterocycles. The van der Waals surface area contributed by atoms with E-state index in [0.717, 1.165) is 29.1 Å². The molecule has 7 nitrogen and oxygen atoms in total. The maximum Gasteiger partial charge on any atom is 0.275 e. The molecule has 0 saturated heterocycles. The van der Waals surface area contributed by atoms with Gasteiger partial charge in [-0.05, 0) is 31.0 Å². The average molecular weight is 366 g/mol. The number of fused-ring (bicyclic) bond motifs is 1. The highest BCUT2D eigenvalue weighted by atomic mass is 32.1. The van der Waals surface area contributed by atoms with Gasteiger partial charge in [-0.25, -0.2) is 9.67 Å². The molecule has 0 unspecified atom stereocenters. The summed E-state index contributed by atoms with van der Waals surface area (Å²) in [5, 5.41) is 12.8. The number of anilines is 1. The minimum atomic E-state index is -0.149. The van der Waals surface area contributed by atoms with Crippen LogP contribution >= 0.6 is 11.3 Å². The third-order valence-electron chi connectivity index (χ3n) is 4.05. The van der Waals surface area contributed by atoms with E-state index in [0.29, 0.717) is 16.6 Å². The lowest BCUT2D eigenvalue weighted by Gasteiger charge is -2.09. The van der Waals surface area contributed by atoms with Crippen molar-refractivity contribution in [3.63, 3.8) is 0 Å². The summed E-state index contributed by atoms with van der Waals surface area (Å²) in [6, 6.07) is 11.6. The molecule has 0 radical (unpaired) electrons. The number of aromatic nitrogens is 5. The van der Waals surface area contributed by atoms with Gasteiger partial charge in [-0.1, -0.05) is 36.5 Å². The molecule has 8 heteroatoms. The van der Waals surface area contributed by atoms with Gasteiger partial charge in [0.2, 0.25) is 10.1 Å². The molecule has 1 N–H and O–H groups in total. The lowest BCUT2D eigenvalue weighted by Crippen LogP contribution is -2.15. The summed E-state index contributed by atoms with van der Waals surface area (Å²) < 4.78 is 3.21. The minimum absolute atomic E-state index is 0.149. The average Bonchev–Trinajstić information content (AvgIpc) is 3.26. The van der Waals surface area contributed by atoms with Gasteiger partial charge in [0, 0.05) is 24.5 Å². The van der Waals surface area contributed by atoms with Crippen molar-refractivity contribution in [1.29, 1.82) is 0 Å². The molecule has 0 atom stereocenters. The monoisotopic (exact) mass is 366 g/mol. The fraction of sp³-hybridized carbons (Fsp3) is 0.222. The number of nitrogens with one attached hydrogen (secondary N) is 1. The summed E-state index contributed by atoms with van der Waals surface area (Å²) in [7, 11) is 0. The Bertz CT molecular complexity index is 1130. The number of nitrogens with zero attached hydrogens (tertiary/aromatic N) is 5. The highest BCUT2D eigenvalue weighted by molar-refractivity contribution is 7.20. The van der Waals surface area contributed by atoms with Crippen molar-refractivity contribution in [1.82, 2.24) is 24.4 Å². The molecule has 0 fully saturated rings. The number of hydrogen-bond acceptors (Lipinski definition) is 6. The lowest BCUT2D eigenvalue weighted by molar-refractivity contribution is 0.845. The zero-order valence-electron chi connectivity index (χ0n) is 14.5. The van der Waals surface area contributed by atoms with Crippen molar-refractivity contribution >= 4 is 21.4 Å². The van der Waals surface area contributed by atoms with Crippen LogP contribution in [0.1, 0.15) is 23.9 Å². The van der Waals surface area contributed by atoms with Crippen molar-refractivity contribution < 1.29 is 0 Å². The molecule has 132 valence electrons. The number of rotatable bonds is 5. The maximum atomic E-state index is 12.1. The third-order valence-corrected chi connectivity index (χ3v) is 4.92. The van der Waals surface area contributed by atoms with Gasteiger partial charge in [0.15, 0.2) is 0 Å². The molecular weight excluding hydrogens is 348 g/mol. The Hall–Kier alpha value is -3.00. The van der Waals surface area contributed by atoms with Gasteiger partial charge in [0.1, 0.15) is 0 Å². The summed E-state index contributed by atoms with van der Waals surface area (Å²) in [5.74, 6) is 0. The summed E-state index contributed by atoms with van der Waals surface area (Å²) in [6.07, 6.45) is 2.67. The molecule has 26 heavy (non-hydrogen) atoms. The van der Waals surface area contributed by atoms with Crippen molar-refractivity contribution in [3.8, 4) is 5.69 Å². The smallest absolute Gasteiger partial charge is 0.275 e. The second-order valence-electron chi connectivity index (χ2n) is 5.92. The summed E-state index contributed by atoms with van der Waals surface area (Å²) in [6.45, 7) is 4.52. The third kappa shape index (κ3) is 3.11. The number of aryl methyl sites for hydroxylation is 2. The molecule has 0 aliphatic heterocycles. The summed E-state index contributed by atoms with van der Waals surface area (Å²) in [5.41, 5.74) is 3.70. The van der Waals surface area contributed by atoms with Crippen LogP contribution in [-0.2, 0) is 13.0 Å². The van der Waals surface area contributed by atoms with E-state index in [1.165, 1.54) is 21.9 Å². The second-order valence-corrected chi connectivity index (χ2v) is 6.88. The maximum absolute atomic E-state index is 12.1. The molecule has 3 aromatic heterocycles. The molecule has 1 aromatic carbocycles. The van der Waals surface area contributed by atoms with Gasteiger partial charge in [-0.15, -0.1) is 5.10 Å². The van der Waals surface area contributed by atoms with Crippen LogP contribution in [-0.4, -0.2) is 24.4 Å². The molecule has 0 amide bonds. The van der Waals surface area contributed by atoms with Crippen molar-refractivity contribution in [2.45, 2.75) is 26.8 Å². The van der Waals surface area contributed by atoms with Crippen LogP contribution in [0.3, 0.4) is 0 Å². The van der Waals surface area contributed by atoms with Crippen LogP contribution in [0.2, 0.25) is 0 Å². The van der Waals surface area contributed by atoms with E-state index < -0.39 is 0 Å². The first-order valence-electron chi connectivity index (χ1n) is 8.38. The Balaban J connectivity index is 1.61. The van der Waals surface area contributed by atoms with Crippen LogP contribution in [0.5, 0.6) is 0 Å². The topological polar surface area (TPSA) is 77.1 Å². The fourth-order valence-electron chi connectivity index (χ4n) is 2.71. The fourth-order valence-corrected chi connectivity index (χ4v) is 3.53. The summed E-state index contributed by atoms with van der Waals surface area (Å²) >= 11 is 1.37. The Kier molecular flexibility index (Phi) is 4.26. The molecular formula is C18H18N6OS. The normalized spacial score (nSPS) is 11.2. The van der Waals surface area contributed by atoms with Crippen LogP contribution < -0.4 is 10.9 Å². The van der Waals surface area contributed by atoms with E-state index in [-0.39, 0.29) is 5.56 Å². The van der Waals surface area contributed by atoms with Crippen molar-refractivity contribution in [2.24, 2.45) is 0 Å². The first-order chi connectivity index (χ1) is 12.6. The van der Waals surface area contributed by atoms with E-state index in [2.05, 4.69) is 20.5 Å². The Morgan fingerprint density at radius 3 is 2.81 bits per heavy atom. The minimum Gasteiger partial charge on any atom is -0.356 e. The standard InChI is InChI=1S/C18H18N6OS/c1-3-14-10-16(25)24-18(20-14)26-17(22-24)19-11-13-6-4-5-7-15(13)23-9-8-12(2)21-23/h4-10H,3,11H2,1-2H3,(H,19,22). The lowest BCUT2D eigenvalue weighted by atomic mass is 10.2. The van der Waals surface area contributed by atoms with Gasteiger partial charge in [-0.2, -0.15) is 9.61 Å². The van der Waals surface area contributed by atoms with E-state index >= 15 is 0 Å². The second kappa shape index (κ2) is 6.72. The van der Waals surface area contributed by atoms with E-state index in [9.17, 15) is 4.79 Å². The van der Waals surface area contributed by atoms with E-state index in [4.69, 9.17) is 0 Å². The molecule has 0 saturated carbocycles. The molecule has 4 aromatic rings. The zero-order valence-corrected chi connectivity index (χ0v) is 15.3. The number of para-hydroxylation sites is 1. The van der Waals surface area contributed by atoms with Gasteiger partial charge >= 0.3 is 0 Å². The van der Waals surface area contributed by atoms with Crippen LogP contribution in [0.25, 0.3) is 10.6 Å². The SMILES string of the molecule is CCc1cc(=O)n2nc(NCc3ccccc3-n3ccc(C)n3)sc2n1. The molecule has 0 spiro atoms. The first kappa shape index (κ1) is 16.5. The molecule has 4 rings (SSSR count). The molecule has 0 aliphatic rings. The Labute approximate surface area is 154 Å². The van der Waals surface area contributed by atoms with Crippen LogP contribution in [0, 0.1) is 6.92 Å². The quantitative estimate of drug-likeness (QED) is 0.588. The van der Waals surface area contributed by atoms with E-state index in [1.807, 2.05) is 55.1 Å². The number of benzene rings is 1. The summed E-state index contributed by atoms with van der Waals surface area (Å²) in [4.78, 5) is 17.2. The largest absolute Gasteiger partial charge is 0.356 e. The molecule has 0 aliphatic carbocycles. The van der Waals surface area contributed by atoms with Crippen molar-refractivity contribution in [3.05, 3.63) is 69.9 Å². The van der Waals surface area contributed by atoms with Crippen LogP contribution in [0.15, 0.2) is 47.4 Å². The van der Waals surface area contributed by atoms with E-state index in [1.54, 1.807) is 0 Å². The Morgan fingerprint density at radius 2 is 2.04 bits per heavy atom. The molecule has 0 bridgehead atoms. The predicted molar refractivity (Wildman–Crippen MR) is 102 cm³/mol. The number of hydrogen-bond donors (Lipinski definition) is 1. The van der Waals surface area contributed by atoms with Gasteiger partial charge in [0.05, 0.1) is 11.4 Å². The van der Waals surface area contributed by atoms with Crippen molar-refractivity contribution in [2.75, 3.05) is 5.32 Å². The predicted octanol–water partition coefficient (Wildman–Crippen LogP) is 2.82. The van der Waals surface area contributed by atoms with Gasteiger partial charge < -0.3 is 5.32 Å². The van der Waals surface area contributed by atoms with Gasteiger partial charge in [-0.3, -0.25) is 4.79 Å². The Morgan fingerprint density at radius 1 is 1.19 bits per heavy atom.